The first-order chi connectivity index (χ1) is 6.61. The Morgan fingerprint density at radius 1 is 1.36 bits per heavy atom. The van der Waals surface area contributed by atoms with Crippen LogP contribution < -0.4 is 0 Å². The van der Waals surface area contributed by atoms with Gasteiger partial charge in [0.05, 0.1) is 11.0 Å². The molecule has 0 fully saturated rings. The van der Waals surface area contributed by atoms with Crippen LogP contribution in [0.4, 0.5) is 0 Å². The number of imidazole rings is 1. The summed E-state index contributed by atoms with van der Waals surface area (Å²) >= 11 is 3.50. The van der Waals surface area contributed by atoms with Gasteiger partial charge in [-0.25, -0.2) is 4.98 Å². The predicted molar refractivity (Wildman–Crippen MR) is 62.6 cm³/mol. The van der Waals surface area contributed by atoms with E-state index < -0.39 is 0 Å². The highest BCUT2D eigenvalue weighted by molar-refractivity contribution is 9.10. The number of rotatable bonds is 1. The van der Waals surface area contributed by atoms with E-state index in [1.54, 1.807) is 0 Å². The highest BCUT2D eigenvalue weighted by Crippen LogP contribution is 2.26. The molecule has 0 atom stereocenters. The summed E-state index contributed by atoms with van der Waals surface area (Å²) in [7, 11) is 0. The van der Waals surface area contributed by atoms with Crippen molar-refractivity contribution < 1.29 is 0 Å². The molecule has 1 aromatic carbocycles. The molecule has 1 heterocycles. The third kappa shape index (κ3) is 1.36. The van der Waals surface area contributed by atoms with E-state index in [4.69, 9.17) is 0 Å². The van der Waals surface area contributed by atoms with Gasteiger partial charge in [-0.3, -0.25) is 0 Å². The monoisotopic (exact) mass is 252 g/mol. The van der Waals surface area contributed by atoms with Crippen LogP contribution in [-0.2, 0) is 0 Å². The lowest BCUT2D eigenvalue weighted by Crippen LogP contribution is -2.00. The average molecular weight is 253 g/mol. The van der Waals surface area contributed by atoms with Gasteiger partial charge in [-0.1, -0.05) is 12.1 Å². The fraction of sp³-hybridized carbons (Fsp3) is 0.364. The minimum absolute atomic E-state index is 0.427. The molecule has 0 spiro atoms. The van der Waals surface area contributed by atoms with Crippen molar-refractivity contribution in [2.45, 2.75) is 26.8 Å². The molecule has 2 aromatic rings. The molecule has 0 amide bonds. The topological polar surface area (TPSA) is 17.8 Å². The van der Waals surface area contributed by atoms with E-state index in [2.05, 4.69) is 64.5 Å². The smallest absolute Gasteiger partial charge is 0.178 e. The largest absolute Gasteiger partial charge is 0.316 e. The van der Waals surface area contributed by atoms with Gasteiger partial charge >= 0.3 is 0 Å². The Labute approximate surface area is 92.1 Å². The zero-order chi connectivity index (χ0) is 10.3. The molecule has 0 saturated carbocycles. The molecule has 0 radical (unpaired) electrons. The number of aryl methyl sites for hydroxylation is 1. The van der Waals surface area contributed by atoms with Crippen LogP contribution in [0.5, 0.6) is 0 Å². The fourth-order valence-electron chi connectivity index (χ4n) is 1.72. The van der Waals surface area contributed by atoms with Gasteiger partial charge in [-0.2, -0.15) is 0 Å². The summed E-state index contributed by atoms with van der Waals surface area (Å²) in [5, 5.41) is 0. The maximum Gasteiger partial charge on any atom is 0.178 e. The summed E-state index contributed by atoms with van der Waals surface area (Å²) < 4.78 is 3.11. The number of para-hydroxylation sites is 1. The van der Waals surface area contributed by atoms with E-state index >= 15 is 0 Å². The van der Waals surface area contributed by atoms with Crippen LogP contribution in [-0.4, -0.2) is 9.55 Å². The van der Waals surface area contributed by atoms with Crippen LogP contribution >= 0.6 is 15.9 Å². The predicted octanol–water partition coefficient (Wildman–Crippen LogP) is 3.69. The highest BCUT2D eigenvalue weighted by Gasteiger charge is 2.11. The molecule has 0 unspecified atom stereocenters. The molecule has 3 heteroatoms. The zero-order valence-corrected chi connectivity index (χ0v) is 10.2. The number of benzene rings is 1. The first-order valence-electron chi connectivity index (χ1n) is 4.74. The molecular weight excluding hydrogens is 240 g/mol. The van der Waals surface area contributed by atoms with E-state index in [1.165, 1.54) is 11.1 Å². The number of hydrogen-bond donors (Lipinski definition) is 0. The maximum absolute atomic E-state index is 4.51. The fourth-order valence-corrected chi connectivity index (χ4v) is 2.50. The van der Waals surface area contributed by atoms with E-state index in [0.29, 0.717) is 6.04 Å². The van der Waals surface area contributed by atoms with Crippen molar-refractivity contribution in [3.63, 3.8) is 0 Å². The van der Waals surface area contributed by atoms with Gasteiger partial charge in [-0.15, -0.1) is 0 Å². The van der Waals surface area contributed by atoms with E-state index in [-0.39, 0.29) is 0 Å². The molecule has 1 aromatic heterocycles. The van der Waals surface area contributed by atoms with Crippen molar-refractivity contribution in [1.29, 1.82) is 0 Å². The second-order valence-electron chi connectivity index (χ2n) is 3.79. The van der Waals surface area contributed by atoms with Crippen LogP contribution in [0.3, 0.4) is 0 Å². The summed E-state index contributed by atoms with van der Waals surface area (Å²) in [6, 6.07) is 6.70. The van der Waals surface area contributed by atoms with Gasteiger partial charge in [0.25, 0.3) is 0 Å². The second-order valence-corrected chi connectivity index (χ2v) is 4.50. The first-order valence-corrected chi connectivity index (χ1v) is 5.53. The van der Waals surface area contributed by atoms with Crippen molar-refractivity contribution in [3.05, 3.63) is 28.5 Å². The average Bonchev–Trinajstić information content (AvgIpc) is 2.42. The lowest BCUT2D eigenvalue weighted by atomic mass is 10.2. The van der Waals surface area contributed by atoms with Crippen molar-refractivity contribution in [2.24, 2.45) is 0 Å². The maximum atomic E-state index is 4.51. The van der Waals surface area contributed by atoms with Crippen molar-refractivity contribution in [2.75, 3.05) is 0 Å². The normalized spacial score (nSPS) is 11.5. The third-order valence-electron chi connectivity index (χ3n) is 2.40. The van der Waals surface area contributed by atoms with Crippen LogP contribution in [0.25, 0.3) is 11.0 Å². The molecule has 0 saturated heterocycles. The van der Waals surface area contributed by atoms with E-state index in [0.717, 1.165) is 10.3 Å². The Hall–Kier alpha value is -0.830. The first kappa shape index (κ1) is 9.71. The minimum Gasteiger partial charge on any atom is -0.316 e. The van der Waals surface area contributed by atoms with Crippen molar-refractivity contribution >= 4 is 27.0 Å². The van der Waals surface area contributed by atoms with Gasteiger partial charge in [0.2, 0.25) is 0 Å². The molecule has 74 valence electrons. The Balaban J connectivity index is 2.83. The lowest BCUT2D eigenvalue weighted by Gasteiger charge is -2.09. The van der Waals surface area contributed by atoms with Crippen molar-refractivity contribution in [1.82, 2.24) is 9.55 Å². The van der Waals surface area contributed by atoms with Crippen LogP contribution in [0.1, 0.15) is 25.5 Å². The van der Waals surface area contributed by atoms with Gasteiger partial charge in [-0.05, 0) is 48.3 Å². The van der Waals surface area contributed by atoms with Gasteiger partial charge in [0.15, 0.2) is 4.73 Å². The number of fused-ring (bicyclic) bond motifs is 1. The Bertz CT molecular complexity index is 471. The summed E-state index contributed by atoms with van der Waals surface area (Å²) in [6.45, 7) is 6.41. The molecule has 14 heavy (non-hydrogen) atoms. The molecule has 0 aliphatic heterocycles. The lowest BCUT2D eigenvalue weighted by molar-refractivity contribution is 0.604. The van der Waals surface area contributed by atoms with E-state index in [1.807, 2.05) is 0 Å². The molecule has 0 aliphatic carbocycles. The summed E-state index contributed by atoms with van der Waals surface area (Å²) in [6.07, 6.45) is 0. The summed E-state index contributed by atoms with van der Waals surface area (Å²) in [5.41, 5.74) is 3.52. The van der Waals surface area contributed by atoms with Gasteiger partial charge in [0, 0.05) is 6.04 Å². The minimum atomic E-state index is 0.427. The van der Waals surface area contributed by atoms with E-state index in [9.17, 15) is 0 Å². The van der Waals surface area contributed by atoms with Crippen LogP contribution in [0.15, 0.2) is 22.9 Å². The van der Waals surface area contributed by atoms with Gasteiger partial charge in [0.1, 0.15) is 0 Å². The standard InChI is InChI=1S/C11H13BrN2/c1-7(2)14-9-6-4-5-8(3)10(9)13-11(14)12/h4-7H,1-3H3. The highest BCUT2D eigenvalue weighted by atomic mass is 79.9. The second kappa shape index (κ2) is 3.39. The molecule has 2 rings (SSSR count). The Morgan fingerprint density at radius 3 is 2.71 bits per heavy atom. The molecule has 2 nitrogen and oxygen atoms in total. The number of nitrogens with zero attached hydrogens (tertiary/aromatic N) is 2. The molecule has 0 N–H and O–H groups in total. The Kier molecular flexibility index (Phi) is 2.35. The molecular formula is C11H13BrN2. The zero-order valence-electron chi connectivity index (χ0n) is 8.58. The molecule has 0 bridgehead atoms. The number of halogens is 1. The van der Waals surface area contributed by atoms with Gasteiger partial charge < -0.3 is 4.57 Å². The quantitative estimate of drug-likeness (QED) is 0.757. The summed E-state index contributed by atoms with van der Waals surface area (Å²) in [4.78, 5) is 4.51. The van der Waals surface area contributed by atoms with Crippen molar-refractivity contribution in [3.8, 4) is 0 Å². The SMILES string of the molecule is Cc1cccc2c1nc(Br)n2C(C)C. The van der Waals surface area contributed by atoms with Crippen LogP contribution in [0, 0.1) is 6.92 Å². The number of aromatic nitrogens is 2. The third-order valence-corrected chi connectivity index (χ3v) is 2.95. The van der Waals surface area contributed by atoms with Crippen LogP contribution in [0.2, 0.25) is 0 Å². The number of hydrogen-bond acceptors (Lipinski definition) is 1. The molecule has 0 aliphatic rings. The Morgan fingerprint density at radius 2 is 2.07 bits per heavy atom. The summed E-state index contributed by atoms with van der Waals surface area (Å²) in [5.74, 6) is 0.